The van der Waals surface area contributed by atoms with Gasteiger partial charge in [0.15, 0.2) is 0 Å². The van der Waals surface area contributed by atoms with Crippen LogP contribution in [0, 0.1) is 23.2 Å². The van der Waals surface area contributed by atoms with E-state index in [1.165, 1.54) is 31.5 Å². The van der Waals surface area contributed by atoms with E-state index in [4.69, 9.17) is 0 Å². The summed E-state index contributed by atoms with van der Waals surface area (Å²) in [6.45, 7) is 3.94. The molecule has 4 rings (SSSR count). The summed E-state index contributed by atoms with van der Waals surface area (Å²) in [7, 11) is 3.93. The van der Waals surface area contributed by atoms with Crippen LogP contribution in [0.15, 0.2) is 30.5 Å². The molecule has 1 aliphatic heterocycles. The standard InChI is InChI=1S/C17H17N3.C5H12N2O/c18-10-13-5-6-16(15-2-1-8-19-17(13)15)20-9-7-14(11-20)12-3-4-12;1-7(2)4-3-6-5-8/h1-2,5-6,8,12,14H,3-4,7,9,11H2;5H,3-4H2,1-2H3,(H,6,8). The van der Waals surface area contributed by atoms with Crippen LogP contribution in [-0.4, -0.2) is 56.6 Å². The second kappa shape index (κ2) is 9.52. The number of amides is 1. The maximum Gasteiger partial charge on any atom is 0.207 e. The van der Waals surface area contributed by atoms with Gasteiger partial charge in [0.1, 0.15) is 6.07 Å². The van der Waals surface area contributed by atoms with Gasteiger partial charge in [-0.25, -0.2) is 0 Å². The van der Waals surface area contributed by atoms with Crippen LogP contribution in [0.25, 0.3) is 10.9 Å². The zero-order chi connectivity index (χ0) is 19.9. The smallest absolute Gasteiger partial charge is 0.207 e. The molecule has 0 bridgehead atoms. The largest absolute Gasteiger partial charge is 0.371 e. The molecular formula is C22H29N5O. The molecule has 1 aromatic heterocycles. The number of anilines is 1. The molecule has 1 amide bonds. The van der Waals surface area contributed by atoms with E-state index in [0.29, 0.717) is 12.0 Å². The third-order valence-electron chi connectivity index (χ3n) is 5.51. The average molecular weight is 380 g/mol. The van der Waals surface area contributed by atoms with Crippen LogP contribution in [0.4, 0.5) is 5.69 Å². The van der Waals surface area contributed by atoms with E-state index < -0.39 is 0 Å². The third kappa shape index (κ3) is 4.99. The molecule has 2 aliphatic rings. The summed E-state index contributed by atoms with van der Waals surface area (Å²) in [4.78, 5) is 18.5. The van der Waals surface area contributed by atoms with Crippen molar-refractivity contribution in [2.24, 2.45) is 11.8 Å². The van der Waals surface area contributed by atoms with E-state index in [1.807, 2.05) is 31.1 Å². The van der Waals surface area contributed by atoms with Crippen LogP contribution in [-0.2, 0) is 4.79 Å². The zero-order valence-corrected chi connectivity index (χ0v) is 16.8. The molecule has 28 heavy (non-hydrogen) atoms. The lowest BCUT2D eigenvalue weighted by molar-refractivity contribution is -0.109. The fraction of sp³-hybridized carbons (Fsp3) is 0.500. The van der Waals surface area contributed by atoms with Crippen molar-refractivity contribution < 1.29 is 4.79 Å². The van der Waals surface area contributed by atoms with Gasteiger partial charge in [-0.1, -0.05) is 0 Å². The normalized spacial score (nSPS) is 18.5. The van der Waals surface area contributed by atoms with Crippen LogP contribution < -0.4 is 10.2 Å². The van der Waals surface area contributed by atoms with Crippen molar-refractivity contribution in [1.82, 2.24) is 15.2 Å². The van der Waals surface area contributed by atoms with Crippen LogP contribution in [0.1, 0.15) is 24.8 Å². The monoisotopic (exact) mass is 379 g/mol. The third-order valence-corrected chi connectivity index (χ3v) is 5.51. The number of hydrogen-bond donors (Lipinski definition) is 1. The number of nitriles is 1. The number of nitrogens with zero attached hydrogens (tertiary/aromatic N) is 4. The Labute approximate surface area is 167 Å². The summed E-state index contributed by atoms with van der Waals surface area (Å²) >= 11 is 0. The van der Waals surface area contributed by atoms with Crippen molar-refractivity contribution in [3.8, 4) is 6.07 Å². The Morgan fingerprint density at radius 3 is 2.79 bits per heavy atom. The lowest BCUT2D eigenvalue weighted by Crippen LogP contribution is -2.25. The number of rotatable bonds is 6. The Morgan fingerprint density at radius 1 is 1.29 bits per heavy atom. The highest BCUT2D eigenvalue weighted by molar-refractivity contribution is 5.95. The minimum absolute atomic E-state index is 0.669. The number of nitrogens with one attached hydrogen (secondary N) is 1. The van der Waals surface area contributed by atoms with Crippen LogP contribution in [0.2, 0.25) is 0 Å². The predicted octanol–water partition coefficient (Wildman–Crippen LogP) is 2.64. The summed E-state index contributed by atoms with van der Waals surface area (Å²) in [6.07, 6.45) is 6.64. The Balaban J connectivity index is 0.000000242. The number of carbonyl (C=O) groups is 1. The summed E-state index contributed by atoms with van der Waals surface area (Å²) in [6, 6.07) is 10.3. The van der Waals surface area contributed by atoms with E-state index in [2.05, 4.69) is 33.4 Å². The van der Waals surface area contributed by atoms with Crippen molar-refractivity contribution in [2.45, 2.75) is 19.3 Å². The second-order valence-corrected chi connectivity index (χ2v) is 7.85. The molecule has 1 atom stereocenters. The Kier molecular flexibility index (Phi) is 6.83. The number of hydrogen-bond acceptors (Lipinski definition) is 5. The van der Waals surface area contributed by atoms with Crippen LogP contribution in [0.5, 0.6) is 0 Å². The molecule has 1 aliphatic carbocycles. The first-order chi connectivity index (χ1) is 13.6. The molecule has 2 aromatic rings. The summed E-state index contributed by atoms with van der Waals surface area (Å²) in [5, 5.41) is 12.9. The van der Waals surface area contributed by atoms with Gasteiger partial charge in [-0.3, -0.25) is 9.78 Å². The predicted molar refractivity (Wildman–Crippen MR) is 112 cm³/mol. The number of benzene rings is 1. The fourth-order valence-corrected chi connectivity index (χ4v) is 3.83. The molecular weight excluding hydrogens is 350 g/mol. The maximum atomic E-state index is 9.66. The molecule has 6 nitrogen and oxygen atoms in total. The van der Waals surface area contributed by atoms with Crippen molar-refractivity contribution in [2.75, 3.05) is 45.2 Å². The number of likely N-dealkylation sites (N-methyl/N-ethyl adjacent to an activating group) is 1. The first-order valence-corrected chi connectivity index (χ1v) is 9.98. The molecule has 2 heterocycles. The van der Waals surface area contributed by atoms with E-state index in [9.17, 15) is 10.1 Å². The molecule has 1 saturated carbocycles. The Bertz CT molecular complexity index is 840. The minimum Gasteiger partial charge on any atom is -0.371 e. The van der Waals surface area contributed by atoms with E-state index in [-0.39, 0.29) is 0 Å². The molecule has 0 spiro atoms. The van der Waals surface area contributed by atoms with Gasteiger partial charge in [0.05, 0.1) is 11.1 Å². The van der Waals surface area contributed by atoms with E-state index in [0.717, 1.165) is 42.4 Å². The molecule has 148 valence electrons. The van der Waals surface area contributed by atoms with Gasteiger partial charge in [0.25, 0.3) is 0 Å². The van der Waals surface area contributed by atoms with Gasteiger partial charge in [0.2, 0.25) is 6.41 Å². The maximum absolute atomic E-state index is 9.66. The van der Waals surface area contributed by atoms with Gasteiger partial charge >= 0.3 is 0 Å². The van der Waals surface area contributed by atoms with Gasteiger partial charge in [-0.2, -0.15) is 5.26 Å². The van der Waals surface area contributed by atoms with Gasteiger partial charge in [-0.15, -0.1) is 0 Å². The summed E-state index contributed by atoms with van der Waals surface area (Å²) in [5.41, 5.74) is 2.75. The summed E-state index contributed by atoms with van der Waals surface area (Å²) in [5.74, 6) is 1.85. The number of carbonyl (C=O) groups excluding carboxylic acids is 1. The second-order valence-electron chi connectivity index (χ2n) is 7.85. The molecule has 1 aromatic carbocycles. The average Bonchev–Trinajstić information content (AvgIpc) is 3.45. The Hall–Kier alpha value is -2.65. The van der Waals surface area contributed by atoms with Crippen molar-refractivity contribution in [3.63, 3.8) is 0 Å². The van der Waals surface area contributed by atoms with Crippen LogP contribution >= 0.6 is 0 Å². The quantitative estimate of drug-likeness (QED) is 0.617. The van der Waals surface area contributed by atoms with E-state index in [1.54, 1.807) is 6.20 Å². The summed E-state index contributed by atoms with van der Waals surface area (Å²) < 4.78 is 0. The Morgan fingerprint density at radius 2 is 2.11 bits per heavy atom. The highest BCUT2D eigenvalue weighted by atomic mass is 16.1. The molecule has 6 heteroatoms. The number of fused-ring (bicyclic) bond motifs is 1. The lowest BCUT2D eigenvalue weighted by Gasteiger charge is -2.21. The molecule has 1 N–H and O–H groups in total. The molecule has 0 radical (unpaired) electrons. The zero-order valence-electron chi connectivity index (χ0n) is 16.8. The van der Waals surface area contributed by atoms with Gasteiger partial charge < -0.3 is 15.1 Å². The van der Waals surface area contributed by atoms with Crippen LogP contribution in [0.3, 0.4) is 0 Å². The molecule has 1 saturated heterocycles. The minimum atomic E-state index is 0.669. The number of pyridine rings is 1. The first-order valence-electron chi connectivity index (χ1n) is 9.98. The topological polar surface area (TPSA) is 72.3 Å². The molecule has 2 fully saturated rings. The van der Waals surface area contributed by atoms with Crippen molar-refractivity contribution in [1.29, 1.82) is 5.26 Å². The highest BCUT2D eigenvalue weighted by Gasteiger charge is 2.36. The molecule has 1 unspecified atom stereocenters. The van der Waals surface area contributed by atoms with Crippen molar-refractivity contribution in [3.05, 3.63) is 36.0 Å². The number of aromatic nitrogens is 1. The van der Waals surface area contributed by atoms with E-state index >= 15 is 0 Å². The van der Waals surface area contributed by atoms with Gasteiger partial charge in [-0.05, 0) is 69.5 Å². The fourth-order valence-electron chi connectivity index (χ4n) is 3.83. The van der Waals surface area contributed by atoms with Gasteiger partial charge in [0, 0.05) is 43.4 Å². The SMILES string of the molecule is CN(C)CCNC=O.N#Cc1ccc(N2CCC(C3CC3)C2)c2cccnc12. The first kappa shape index (κ1) is 20.1. The van der Waals surface area contributed by atoms with Crippen molar-refractivity contribution >= 4 is 23.0 Å². The lowest BCUT2D eigenvalue weighted by atomic mass is 10.0. The highest BCUT2D eigenvalue weighted by Crippen LogP contribution is 2.43.